The second-order valence-corrected chi connectivity index (χ2v) is 7.72. The summed E-state index contributed by atoms with van der Waals surface area (Å²) in [6.45, 7) is 1.67. The molecule has 0 bridgehead atoms. The first kappa shape index (κ1) is 23.6. The van der Waals surface area contributed by atoms with Gasteiger partial charge in [-0.3, -0.25) is 10.2 Å². The Morgan fingerprint density at radius 3 is 2.48 bits per heavy atom. The molecule has 1 amide bonds. The number of carbonyl (C=O) groups is 2. The Bertz CT molecular complexity index is 1200. The van der Waals surface area contributed by atoms with Crippen LogP contribution in [0.2, 0.25) is 5.02 Å². The summed E-state index contributed by atoms with van der Waals surface area (Å²) in [7, 11) is 0. The predicted molar refractivity (Wildman–Crippen MR) is 128 cm³/mol. The molecule has 0 unspecified atom stereocenters. The SMILES string of the molecule is Cc1ccc(NCc2cc(Cl)ccc2OCC(=O)O)c(C(=O)Nc2ccc(C(=N)N)cc2)c1. The Morgan fingerprint density at radius 1 is 1.09 bits per heavy atom. The van der Waals surface area contributed by atoms with Crippen molar-refractivity contribution in [3.8, 4) is 5.75 Å². The zero-order valence-electron chi connectivity index (χ0n) is 17.8. The fourth-order valence-electron chi connectivity index (χ4n) is 3.09. The Kier molecular flexibility index (Phi) is 7.53. The largest absolute Gasteiger partial charge is 0.482 e. The van der Waals surface area contributed by atoms with Crippen LogP contribution in [0.1, 0.15) is 27.0 Å². The third kappa shape index (κ3) is 6.47. The number of ether oxygens (including phenoxy) is 1. The number of hydrogen-bond acceptors (Lipinski definition) is 5. The first-order valence-corrected chi connectivity index (χ1v) is 10.3. The number of benzene rings is 3. The van der Waals surface area contributed by atoms with E-state index in [2.05, 4.69) is 10.6 Å². The maximum absolute atomic E-state index is 13.0. The molecule has 0 spiro atoms. The Morgan fingerprint density at radius 2 is 1.82 bits per heavy atom. The van der Waals surface area contributed by atoms with Crippen LogP contribution in [0.15, 0.2) is 60.7 Å². The summed E-state index contributed by atoms with van der Waals surface area (Å²) in [5, 5.41) is 22.9. The number of amidine groups is 1. The molecule has 0 fully saturated rings. The maximum atomic E-state index is 13.0. The Labute approximate surface area is 195 Å². The smallest absolute Gasteiger partial charge is 0.341 e. The molecule has 33 heavy (non-hydrogen) atoms. The number of carboxylic acids is 1. The fourth-order valence-corrected chi connectivity index (χ4v) is 3.28. The lowest BCUT2D eigenvalue weighted by Gasteiger charge is -2.15. The number of nitrogens with one attached hydrogen (secondary N) is 3. The van der Waals surface area contributed by atoms with Gasteiger partial charge in [-0.15, -0.1) is 0 Å². The highest BCUT2D eigenvalue weighted by molar-refractivity contribution is 6.30. The number of anilines is 2. The number of aliphatic carboxylic acids is 1. The van der Waals surface area contributed by atoms with Crippen LogP contribution in [0, 0.1) is 12.3 Å². The molecule has 0 saturated heterocycles. The molecule has 3 rings (SSSR count). The molecule has 0 atom stereocenters. The van der Waals surface area contributed by atoms with E-state index in [0.717, 1.165) is 5.56 Å². The summed E-state index contributed by atoms with van der Waals surface area (Å²) in [5.74, 6) is -1.06. The summed E-state index contributed by atoms with van der Waals surface area (Å²) in [5.41, 5.74) is 9.17. The molecule has 0 aliphatic rings. The van der Waals surface area contributed by atoms with Gasteiger partial charge in [0.25, 0.3) is 5.91 Å². The van der Waals surface area contributed by atoms with Gasteiger partial charge in [0.2, 0.25) is 0 Å². The van der Waals surface area contributed by atoms with E-state index in [1.54, 1.807) is 54.6 Å². The molecule has 0 aromatic heterocycles. The van der Waals surface area contributed by atoms with E-state index in [0.29, 0.717) is 38.8 Å². The molecule has 3 aromatic rings. The van der Waals surface area contributed by atoms with Gasteiger partial charge in [0.05, 0.1) is 5.56 Å². The maximum Gasteiger partial charge on any atom is 0.341 e. The van der Waals surface area contributed by atoms with Gasteiger partial charge in [-0.1, -0.05) is 23.2 Å². The number of carbonyl (C=O) groups excluding carboxylic acids is 1. The topological polar surface area (TPSA) is 138 Å². The molecule has 8 nitrogen and oxygen atoms in total. The minimum atomic E-state index is -1.09. The average Bonchev–Trinajstić information content (AvgIpc) is 2.77. The van der Waals surface area contributed by atoms with Crippen LogP contribution in [-0.2, 0) is 11.3 Å². The van der Waals surface area contributed by atoms with Crippen molar-refractivity contribution in [2.75, 3.05) is 17.2 Å². The number of nitrogens with two attached hydrogens (primary N) is 1. The minimum absolute atomic E-state index is 0.0502. The number of halogens is 1. The first-order chi connectivity index (χ1) is 15.7. The van der Waals surface area contributed by atoms with Crippen LogP contribution in [0.5, 0.6) is 5.75 Å². The van der Waals surface area contributed by atoms with Crippen LogP contribution >= 0.6 is 11.6 Å². The van der Waals surface area contributed by atoms with Crippen LogP contribution in [0.25, 0.3) is 0 Å². The van der Waals surface area contributed by atoms with Crippen molar-refractivity contribution in [2.45, 2.75) is 13.5 Å². The van der Waals surface area contributed by atoms with Crippen LogP contribution in [0.4, 0.5) is 11.4 Å². The predicted octanol–water partition coefficient (Wildman–Crippen LogP) is 4.26. The van der Waals surface area contributed by atoms with Gasteiger partial charge in [0.15, 0.2) is 6.61 Å². The number of nitrogen functional groups attached to an aromatic ring is 1. The summed E-state index contributed by atoms with van der Waals surface area (Å²) < 4.78 is 5.34. The van der Waals surface area contributed by atoms with Gasteiger partial charge in [-0.25, -0.2) is 4.79 Å². The van der Waals surface area contributed by atoms with Gasteiger partial charge >= 0.3 is 5.97 Å². The number of carboxylic acid groups (broad SMARTS) is 1. The Balaban J connectivity index is 1.79. The van der Waals surface area contributed by atoms with Crippen molar-refractivity contribution < 1.29 is 19.4 Å². The highest BCUT2D eigenvalue weighted by Crippen LogP contribution is 2.26. The van der Waals surface area contributed by atoms with Gasteiger partial charge in [-0.2, -0.15) is 0 Å². The molecule has 170 valence electrons. The summed E-state index contributed by atoms with van der Waals surface area (Å²) in [4.78, 5) is 23.8. The molecule has 0 heterocycles. The van der Waals surface area contributed by atoms with Crippen molar-refractivity contribution >= 4 is 40.7 Å². The third-order valence-corrected chi connectivity index (χ3v) is 4.95. The van der Waals surface area contributed by atoms with Crippen LogP contribution < -0.4 is 21.1 Å². The van der Waals surface area contributed by atoms with Crippen LogP contribution in [0.3, 0.4) is 0 Å². The van der Waals surface area contributed by atoms with Crippen molar-refractivity contribution in [1.29, 1.82) is 5.41 Å². The number of hydrogen-bond donors (Lipinski definition) is 5. The quantitative estimate of drug-likeness (QED) is 0.236. The highest BCUT2D eigenvalue weighted by atomic mass is 35.5. The number of amides is 1. The van der Waals surface area contributed by atoms with Gasteiger partial charge in [0, 0.05) is 34.1 Å². The third-order valence-electron chi connectivity index (χ3n) is 4.72. The molecular formula is C24H23ClN4O4. The van der Waals surface area contributed by atoms with Gasteiger partial charge < -0.3 is 26.2 Å². The second-order valence-electron chi connectivity index (χ2n) is 7.28. The van der Waals surface area contributed by atoms with Crippen molar-refractivity contribution in [3.05, 3.63) is 87.9 Å². The molecule has 0 aliphatic heterocycles. The number of rotatable bonds is 9. The van der Waals surface area contributed by atoms with Crippen molar-refractivity contribution in [2.24, 2.45) is 5.73 Å². The monoisotopic (exact) mass is 466 g/mol. The van der Waals surface area contributed by atoms with E-state index >= 15 is 0 Å². The molecular weight excluding hydrogens is 444 g/mol. The normalized spacial score (nSPS) is 10.4. The molecule has 9 heteroatoms. The van der Waals surface area contributed by atoms with Crippen LogP contribution in [-0.4, -0.2) is 29.4 Å². The lowest BCUT2D eigenvalue weighted by atomic mass is 10.1. The zero-order chi connectivity index (χ0) is 24.0. The summed E-state index contributed by atoms with van der Waals surface area (Å²) in [6.07, 6.45) is 0. The van der Waals surface area contributed by atoms with Gasteiger partial charge in [-0.05, 0) is 61.5 Å². The van der Waals surface area contributed by atoms with E-state index in [9.17, 15) is 9.59 Å². The van der Waals surface area contributed by atoms with Crippen molar-refractivity contribution in [3.63, 3.8) is 0 Å². The molecule has 0 saturated carbocycles. The number of aryl methyl sites for hydroxylation is 1. The van der Waals surface area contributed by atoms with E-state index in [-0.39, 0.29) is 18.3 Å². The minimum Gasteiger partial charge on any atom is -0.482 e. The van der Waals surface area contributed by atoms with E-state index in [4.69, 9.17) is 32.6 Å². The van der Waals surface area contributed by atoms with Gasteiger partial charge in [0.1, 0.15) is 11.6 Å². The molecule has 0 aliphatic carbocycles. The fraction of sp³-hybridized carbons (Fsp3) is 0.125. The average molecular weight is 467 g/mol. The zero-order valence-corrected chi connectivity index (χ0v) is 18.6. The van der Waals surface area contributed by atoms with Crippen molar-refractivity contribution in [1.82, 2.24) is 0 Å². The molecule has 3 aromatic carbocycles. The standard InChI is InChI=1S/C24H23ClN4O4/c1-14-2-8-20(28-12-16-11-17(25)5-9-21(16)33-13-22(30)31)19(10-14)24(32)29-18-6-3-15(4-7-18)23(26)27/h2-11,28H,12-13H2,1H3,(H3,26,27)(H,29,32)(H,30,31). The lowest BCUT2D eigenvalue weighted by molar-refractivity contribution is -0.139. The lowest BCUT2D eigenvalue weighted by Crippen LogP contribution is -2.16. The molecule has 0 radical (unpaired) electrons. The summed E-state index contributed by atoms with van der Waals surface area (Å²) in [6, 6.07) is 17.0. The van der Waals surface area contributed by atoms with E-state index in [1.165, 1.54) is 0 Å². The second kappa shape index (κ2) is 10.5. The van der Waals surface area contributed by atoms with E-state index < -0.39 is 12.6 Å². The highest BCUT2D eigenvalue weighted by Gasteiger charge is 2.14. The molecule has 6 N–H and O–H groups in total. The summed E-state index contributed by atoms with van der Waals surface area (Å²) >= 11 is 6.10. The Hall–Kier alpha value is -4.04. The van der Waals surface area contributed by atoms with E-state index in [1.807, 2.05) is 13.0 Å². The first-order valence-electron chi connectivity index (χ1n) is 9.96.